The Kier molecular flexibility index (Phi) is 5.53. The Morgan fingerprint density at radius 1 is 1.43 bits per heavy atom. The maximum atomic E-state index is 12.1. The molecule has 0 bridgehead atoms. The Labute approximate surface area is 138 Å². The highest BCUT2D eigenvalue weighted by molar-refractivity contribution is 7.92. The number of nitrogens with zero attached hydrogens (tertiary/aromatic N) is 2. The largest absolute Gasteiger partial charge is 0.339 e. The van der Waals surface area contributed by atoms with Crippen LogP contribution in [0.25, 0.3) is 6.08 Å². The molecule has 0 aliphatic carbocycles. The van der Waals surface area contributed by atoms with Gasteiger partial charge in [-0.25, -0.2) is 8.42 Å². The molecule has 2 heterocycles. The van der Waals surface area contributed by atoms with Crippen molar-refractivity contribution in [2.75, 3.05) is 18.8 Å². The van der Waals surface area contributed by atoms with Crippen molar-refractivity contribution in [3.63, 3.8) is 0 Å². The Balaban J connectivity index is 1.92. The molecule has 126 valence electrons. The molecule has 7 nitrogen and oxygen atoms in total. The summed E-state index contributed by atoms with van der Waals surface area (Å²) in [6, 6.07) is 2.99. The number of thiophene rings is 1. The predicted octanol–water partition coefficient (Wildman–Crippen LogP) is 2.10. The molecule has 1 aromatic heterocycles. The van der Waals surface area contributed by atoms with Crippen LogP contribution < -0.4 is 0 Å². The van der Waals surface area contributed by atoms with E-state index in [1.54, 1.807) is 24.0 Å². The second-order valence-corrected chi connectivity index (χ2v) is 8.91. The lowest BCUT2D eigenvalue weighted by Crippen LogP contribution is -2.42. The van der Waals surface area contributed by atoms with E-state index in [-0.39, 0.29) is 21.9 Å². The van der Waals surface area contributed by atoms with Crippen LogP contribution in [0.1, 0.15) is 24.6 Å². The fourth-order valence-corrected chi connectivity index (χ4v) is 4.58. The fourth-order valence-electron chi connectivity index (χ4n) is 2.46. The van der Waals surface area contributed by atoms with E-state index in [1.807, 2.05) is 0 Å². The molecule has 1 aromatic rings. The Morgan fingerprint density at radius 3 is 2.61 bits per heavy atom. The van der Waals surface area contributed by atoms with Gasteiger partial charge in [0.1, 0.15) is 0 Å². The van der Waals surface area contributed by atoms with Crippen molar-refractivity contribution >= 4 is 38.2 Å². The average molecular weight is 358 g/mol. The Bertz CT molecular complexity index is 715. The van der Waals surface area contributed by atoms with Gasteiger partial charge in [0.25, 0.3) is 0 Å². The standard InChI is InChI=1S/C14H18N2O5S2/c1-2-23(20,21)12-7-9-15(10-8-12)13(17)5-3-11-4-6-14(22-11)16(18)19/h3-6,12H,2,7-10H2,1H3/b5-3+. The molecule has 0 aromatic carbocycles. The molecule has 0 saturated carbocycles. The number of hydrogen-bond donors (Lipinski definition) is 0. The number of amides is 1. The molecule has 0 unspecified atom stereocenters. The molecule has 0 N–H and O–H groups in total. The number of hydrogen-bond acceptors (Lipinski definition) is 6. The molecule has 1 saturated heterocycles. The first kappa shape index (κ1) is 17.6. The first-order chi connectivity index (χ1) is 10.8. The van der Waals surface area contributed by atoms with E-state index in [4.69, 9.17) is 0 Å². The van der Waals surface area contributed by atoms with Crippen LogP contribution in [-0.2, 0) is 14.6 Å². The number of carbonyl (C=O) groups excluding carboxylic acids is 1. The molecule has 1 fully saturated rings. The third-order valence-corrected chi connectivity index (χ3v) is 7.14. The van der Waals surface area contributed by atoms with Gasteiger partial charge in [0.2, 0.25) is 5.91 Å². The normalized spacial score (nSPS) is 16.8. The molecule has 1 amide bonds. The lowest BCUT2D eigenvalue weighted by Gasteiger charge is -2.30. The molecule has 0 spiro atoms. The molecule has 1 aliphatic rings. The van der Waals surface area contributed by atoms with Gasteiger partial charge in [-0.3, -0.25) is 14.9 Å². The molecule has 0 atom stereocenters. The summed E-state index contributed by atoms with van der Waals surface area (Å²) in [5.74, 6) is -0.0729. The molecule has 0 radical (unpaired) electrons. The summed E-state index contributed by atoms with van der Waals surface area (Å²) >= 11 is 1.00. The number of rotatable bonds is 5. The molecule has 23 heavy (non-hydrogen) atoms. The maximum absolute atomic E-state index is 12.1. The van der Waals surface area contributed by atoms with Crippen LogP contribution in [-0.4, -0.2) is 48.2 Å². The number of sulfone groups is 1. The van der Waals surface area contributed by atoms with Crippen LogP contribution >= 0.6 is 11.3 Å². The van der Waals surface area contributed by atoms with Crippen molar-refractivity contribution < 1.29 is 18.1 Å². The fraction of sp³-hybridized carbons (Fsp3) is 0.500. The minimum Gasteiger partial charge on any atom is -0.339 e. The van der Waals surface area contributed by atoms with E-state index >= 15 is 0 Å². The summed E-state index contributed by atoms with van der Waals surface area (Å²) in [6.45, 7) is 2.46. The number of nitro groups is 1. The first-order valence-corrected chi connectivity index (χ1v) is 9.79. The lowest BCUT2D eigenvalue weighted by molar-refractivity contribution is -0.380. The summed E-state index contributed by atoms with van der Waals surface area (Å²) in [6.07, 6.45) is 3.85. The number of piperidine rings is 1. The van der Waals surface area contributed by atoms with Crippen molar-refractivity contribution in [3.05, 3.63) is 33.2 Å². The zero-order chi connectivity index (χ0) is 17.0. The van der Waals surface area contributed by atoms with E-state index in [0.717, 1.165) is 11.3 Å². The van der Waals surface area contributed by atoms with Gasteiger partial charge in [0.05, 0.1) is 10.2 Å². The first-order valence-electron chi connectivity index (χ1n) is 7.26. The van der Waals surface area contributed by atoms with Crippen molar-refractivity contribution in [1.82, 2.24) is 4.90 Å². The summed E-state index contributed by atoms with van der Waals surface area (Å²) < 4.78 is 23.7. The number of likely N-dealkylation sites (tertiary alicyclic amines) is 1. The van der Waals surface area contributed by atoms with E-state index < -0.39 is 14.8 Å². The summed E-state index contributed by atoms with van der Waals surface area (Å²) in [4.78, 5) is 24.5. The van der Waals surface area contributed by atoms with E-state index in [9.17, 15) is 23.3 Å². The molecule has 1 aliphatic heterocycles. The van der Waals surface area contributed by atoms with Gasteiger partial charge in [-0.2, -0.15) is 0 Å². The minimum absolute atomic E-state index is 0.0303. The third kappa shape index (κ3) is 4.38. The van der Waals surface area contributed by atoms with Crippen molar-refractivity contribution in [1.29, 1.82) is 0 Å². The number of carbonyl (C=O) groups is 1. The van der Waals surface area contributed by atoms with Crippen LogP contribution in [0.5, 0.6) is 0 Å². The quantitative estimate of drug-likeness (QED) is 0.456. The topological polar surface area (TPSA) is 97.6 Å². The van der Waals surface area contributed by atoms with E-state index in [0.29, 0.717) is 30.8 Å². The van der Waals surface area contributed by atoms with Crippen LogP contribution in [0.3, 0.4) is 0 Å². The highest BCUT2D eigenvalue weighted by atomic mass is 32.2. The minimum atomic E-state index is -3.05. The SMILES string of the molecule is CCS(=O)(=O)C1CCN(C(=O)/C=C/c2ccc([N+](=O)[O-])s2)CC1. The zero-order valence-corrected chi connectivity index (χ0v) is 14.3. The molecular weight excluding hydrogens is 340 g/mol. The van der Waals surface area contributed by atoms with Crippen LogP contribution in [0.2, 0.25) is 0 Å². The average Bonchev–Trinajstić information content (AvgIpc) is 3.02. The summed E-state index contributed by atoms with van der Waals surface area (Å²) in [5.41, 5.74) is 0. The molecule has 9 heteroatoms. The van der Waals surface area contributed by atoms with Gasteiger partial charge < -0.3 is 4.90 Å². The van der Waals surface area contributed by atoms with Gasteiger partial charge in [0.15, 0.2) is 9.84 Å². The second-order valence-electron chi connectivity index (χ2n) is 5.24. The maximum Gasteiger partial charge on any atom is 0.324 e. The highest BCUT2D eigenvalue weighted by Gasteiger charge is 2.29. The van der Waals surface area contributed by atoms with Gasteiger partial charge >= 0.3 is 5.00 Å². The zero-order valence-electron chi connectivity index (χ0n) is 12.7. The van der Waals surface area contributed by atoms with E-state index in [2.05, 4.69) is 0 Å². The Hall–Kier alpha value is -1.74. The summed E-state index contributed by atoms with van der Waals surface area (Å²) in [7, 11) is -3.05. The van der Waals surface area contributed by atoms with Crippen LogP contribution in [0.4, 0.5) is 5.00 Å². The van der Waals surface area contributed by atoms with Crippen LogP contribution in [0.15, 0.2) is 18.2 Å². The molecular formula is C14H18N2O5S2. The second kappa shape index (κ2) is 7.22. The highest BCUT2D eigenvalue weighted by Crippen LogP contribution is 2.25. The third-order valence-electron chi connectivity index (χ3n) is 3.85. The van der Waals surface area contributed by atoms with Gasteiger partial charge in [-0.15, -0.1) is 0 Å². The van der Waals surface area contributed by atoms with Crippen molar-refractivity contribution in [3.8, 4) is 0 Å². The Morgan fingerprint density at radius 2 is 2.09 bits per heavy atom. The van der Waals surface area contributed by atoms with E-state index in [1.165, 1.54) is 12.1 Å². The van der Waals surface area contributed by atoms with Crippen LogP contribution in [0, 0.1) is 10.1 Å². The lowest BCUT2D eigenvalue weighted by atomic mass is 10.1. The predicted molar refractivity (Wildman–Crippen MR) is 89.1 cm³/mol. The van der Waals surface area contributed by atoms with Gasteiger partial charge in [-0.05, 0) is 25.0 Å². The van der Waals surface area contributed by atoms with Gasteiger partial charge in [0, 0.05) is 35.9 Å². The monoisotopic (exact) mass is 358 g/mol. The van der Waals surface area contributed by atoms with Crippen molar-refractivity contribution in [2.45, 2.75) is 25.0 Å². The van der Waals surface area contributed by atoms with Gasteiger partial charge in [-0.1, -0.05) is 18.3 Å². The molecule has 2 rings (SSSR count). The smallest absolute Gasteiger partial charge is 0.324 e. The summed E-state index contributed by atoms with van der Waals surface area (Å²) in [5, 5.41) is 10.3. The van der Waals surface area contributed by atoms with Crippen molar-refractivity contribution in [2.24, 2.45) is 0 Å².